The van der Waals surface area contributed by atoms with Crippen LogP contribution in [-0.4, -0.2) is 41.4 Å². The minimum absolute atomic E-state index is 0.0136. The van der Waals surface area contributed by atoms with Crippen molar-refractivity contribution in [3.8, 4) is 0 Å². The van der Waals surface area contributed by atoms with E-state index in [2.05, 4.69) is 10.3 Å². The lowest BCUT2D eigenvalue weighted by Crippen LogP contribution is -2.32. The fraction of sp³-hybridized carbons (Fsp3) is 0.250. The zero-order valence-corrected chi connectivity index (χ0v) is 16.5. The number of aryl methyl sites for hydroxylation is 1. The number of benzene rings is 2. The van der Waals surface area contributed by atoms with Gasteiger partial charge < -0.3 is 9.88 Å². The molecule has 2 aromatic carbocycles. The van der Waals surface area contributed by atoms with Gasteiger partial charge in [-0.25, -0.2) is 22.2 Å². The van der Waals surface area contributed by atoms with Crippen LogP contribution in [0, 0.1) is 11.6 Å². The minimum Gasteiger partial charge on any atom is -0.380 e. The molecule has 0 aliphatic carbocycles. The number of aromatic nitrogens is 2. The lowest BCUT2D eigenvalue weighted by atomic mass is 9.94. The van der Waals surface area contributed by atoms with E-state index in [1.807, 2.05) is 0 Å². The number of hydrogen-bond acceptors (Lipinski definition) is 4. The van der Waals surface area contributed by atoms with Crippen molar-refractivity contribution in [2.45, 2.75) is 17.0 Å². The molecule has 0 spiro atoms. The molecular formula is C20H20F2N4O2S. The number of rotatable bonds is 5. The number of nitrogens with one attached hydrogen (secondary N) is 1. The van der Waals surface area contributed by atoms with Crippen LogP contribution in [0.4, 0.5) is 14.5 Å². The van der Waals surface area contributed by atoms with E-state index < -0.39 is 10.0 Å². The first-order valence-electron chi connectivity index (χ1n) is 9.08. The predicted molar refractivity (Wildman–Crippen MR) is 105 cm³/mol. The molecule has 1 N–H and O–H groups in total. The highest BCUT2D eigenvalue weighted by Crippen LogP contribution is 2.33. The van der Waals surface area contributed by atoms with Gasteiger partial charge in [-0.05, 0) is 42.0 Å². The van der Waals surface area contributed by atoms with Gasteiger partial charge in [0.2, 0.25) is 0 Å². The molecule has 0 unspecified atom stereocenters. The van der Waals surface area contributed by atoms with Gasteiger partial charge in [-0.3, -0.25) is 0 Å². The molecule has 0 amide bonds. The van der Waals surface area contributed by atoms with Crippen LogP contribution in [-0.2, 0) is 17.1 Å². The number of imidazole rings is 1. The molecule has 3 aromatic rings. The second-order valence-corrected chi connectivity index (χ2v) is 9.00. The molecule has 152 valence electrons. The Morgan fingerprint density at radius 2 is 1.62 bits per heavy atom. The SMILES string of the molecule is Cn1cnc(S(=O)(=O)N2C[C@@H](Nc3ccc(F)cc3)[C@H](c3ccc(F)cc3)C2)c1. The molecule has 4 rings (SSSR count). The fourth-order valence-electron chi connectivity index (χ4n) is 3.57. The molecule has 0 radical (unpaired) electrons. The average molecular weight is 418 g/mol. The van der Waals surface area contributed by atoms with Gasteiger partial charge in [-0.15, -0.1) is 0 Å². The Balaban J connectivity index is 1.65. The van der Waals surface area contributed by atoms with Crippen LogP contribution >= 0.6 is 0 Å². The summed E-state index contributed by atoms with van der Waals surface area (Å²) < 4.78 is 55.6. The maximum absolute atomic E-state index is 13.4. The molecule has 0 saturated carbocycles. The summed E-state index contributed by atoms with van der Waals surface area (Å²) in [5.74, 6) is -0.914. The highest BCUT2D eigenvalue weighted by molar-refractivity contribution is 7.89. The number of sulfonamides is 1. The molecule has 1 saturated heterocycles. The predicted octanol–water partition coefficient (Wildman–Crippen LogP) is 2.97. The summed E-state index contributed by atoms with van der Waals surface area (Å²) in [5, 5.41) is 3.28. The molecule has 1 aliphatic rings. The lowest BCUT2D eigenvalue weighted by molar-refractivity contribution is 0.468. The van der Waals surface area contributed by atoms with Gasteiger partial charge in [0.1, 0.15) is 11.6 Å². The van der Waals surface area contributed by atoms with Crippen LogP contribution in [0.25, 0.3) is 0 Å². The summed E-state index contributed by atoms with van der Waals surface area (Å²) in [5.41, 5.74) is 1.50. The van der Waals surface area contributed by atoms with Gasteiger partial charge in [-0.1, -0.05) is 12.1 Å². The van der Waals surface area contributed by atoms with Gasteiger partial charge in [0.25, 0.3) is 10.0 Å². The molecular weight excluding hydrogens is 398 g/mol. The Hall–Kier alpha value is -2.78. The number of hydrogen-bond donors (Lipinski definition) is 1. The molecule has 6 nitrogen and oxygen atoms in total. The van der Waals surface area contributed by atoms with Crippen LogP contribution in [0.3, 0.4) is 0 Å². The summed E-state index contributed by atoms with van der Waals surface area (Å²) in [7, 11) is -2.07. The summed E-state index contributed by atoms with van der Waals surface area (Å²) in [6.07, 6.45) is 2.90. The van der Waals surface area contributed by atoms with Gasteiger partial charge in [-0.2, -0.15) is 4.31 Å². The van der Waals surface area contributed by atoms with Gasteiger partial charge in [0.15, 0.2) is 5.03 Å². The van der Waals surface area contributed by atoms with E-state index in [0.717, 1.165) is 5.56 Å². The molecule has 29 heavy (non-hydrogen) atoms. The summed E-state index contributed by atoms with van der Waals surface area (Å²) in [6, 6.07) is 11.7. The number of anilines is 1. The number of halogens is 2. The van der Waals surface area contributed by atoms with Crippen LogP contribution in [0.5, 0.6) is 0 Å². The molecule has 0 bridgehead atoms. The van der Waals surface area contributed by atoms with E-state index in [-0.39, 0.29) is 41.7 Å². The van der Waals surface area contributed by atoms with Crippen molar-refractivity contribution < 1.29 is 17.2 Å². The van der Waals surface area contributed by atoms with Crippen LogP contribution in [0.2, 0.25) is 0 Å². The molecule has 1 fully saturated rings. The average Bonchev–Trinajstić information content (AvgIpc) is 3.32. The Kier molecular flexibility index (Phi) is 5.10. The smallest absolute Gasteiger partial charge is 0.262 e. The first-order valence-corrected chi connectivity index (χ1v) is 10.5. The Bertz CT molecular complexity index is 1100. The van der Waals surface area contributed by atoms with Crippen molar-refractivity contribution in [2.24, 2.45) is 7.05 Å². The normalized spacial score (nSPS) is 20.1. The molecule has 2 heterocycles. The lowest BCUT2D eigenvalue weighted by Gasteiger charge is -2.21. The third-order valence-electron chi connectivity index (χ3n) is 5.07. The van der Waals surface area contributed by atoms with E-state index in [1.165, 1.54) is 41.1 Å². The topological polar surface area (TPSA) is 67.2 Å². The largest absolute Gasteiger partial charge is 0.380 e. The Labute approximate surface area is 167 Å². The maximum Gasteiger partial charge on any atom is 0.262 e. The highest BCUT2D eigenvalue weighted by atomic mass is 32.2. The van der Waals surface area contributed by atoms with Crippen molar-refractivity contribution in [2.75, 3.05) is 18.4 Å². The minimum atomic E-state index is -3.77. The monoisotopic (exact) mass is 418 g/mol. The van der Waals surface area contributed by atoms with Crippen LogP contribution < -0.4 is 5.32 Å². The Morgan fingerprint density at radius 3 is 2.21 bits per heavy atom. The molecule has 9 heteroatoms. The molecule has 2 atom stereocenters. The first kappa shape index (κ1) is 19.5. The molecule has 1 aliphatic heterocycles. The van der Waals surface area contributed by atoms with Crippen molar-refractivity contribution in [1.82, 2.24) is 13.9 Å². The van der Waals surface area contributed by atoms with E-state index in [4.69, 9.17) is 0 Å². The highest BCUT2D eigenvalue weighted by Gasteiger charge is 2.41. The van der Waals surface area contributed by atoms with Gasteiger partial charge in [0.05, 0.1) is 6.33 Å². The standard InChI is InChI=1S/C20H20F2N4O2S/c1-25-12-20(23-13-25)29(27,28)26-10-18(14-2-4-15(21)5-3-14)19(11-26)24-17-8-6-16(22)7-9-17/h2-9,12-13,18-19,24H,10-11H2,1H3/t18-,19+/m0/s1. The van der Waals surface area contributed by atoms with E-state index in [1.54, 1.807) is 35.9 Å². The fourth-order valence-corrected chi connectivity index (χ4v) is 5.03. The van der Waals surface area contributed by atoms with Crippen molar-refractivity contribution in [3.63, 3.8) is 0 Å². The van der Waals surface area contributed by atoms with Gasteiger partial charge >= 0.3 is 0 Å². The zero-order chi connectivity index (χ0) is 20.6. The quantitative estimate of drug-likeness (QED) is 0.692. The van der Waals surface area contributed by atoms with E-state index >= 15 is 0 Å². The maximum atomic E-state index is 13.4. The summed E-state index contributed by atoms with van der Waals surface area (Å²) in [4.78, 5) is 3.98. The summed E-state index contributed by atoms with van der Waals surface area (Å²) >= 11 is 0. The third kappa shape index (κ3) is 4.01. The van der Waals surface area contributed by atoms with Crippen molar-refractivity contribution in [1.29, 1.82) is 0 Å². The zero-order valence-electron chi connectivity index (χ0n) is 15.7. The van der Waals surface area contributed by atoms with E-state index in [0.29, 0.717) is 5.69 Å². The van der Waals surface area contributed by atoms with Crippen LogP contribution in [0.1, 0.15) is 11.5 Å². The second kappa shape index (κ2) is 7.57. The Morgan fingerprint density at radius 1 is 1.00 bits per heavy atom. The van der Waals surface area contributed by atoms with E-state index in [9.17, 15) is 17.2 Å². The molecule has 1 aromatic heterocycles. The van der Waals surface area contributed by atoms with Crippen molar-refractivity contribution in [3.05, 3.63) is 78.3 Å². The van der Waals surface area contributed by atoms with Gasteiger partial charge in [0, 0.05) is 44.0 Å². The second-order valence-electron chi connectivity index (χ2n) is 7.12. The summed E-state index contributed by atoms with van der Waals surface area (Å²) in [6.45, 7) is 0.432. The third-order valence-corrected chi connectivity index (χ3v) is 6.78. The number of nitrogens with zero attached hydrogens (tertiary/aromatic N) is 3. The van der Waals surface area contributed by atoms with Crippen molar-refractivity contribution >= 4 is 15.7 Å². The van der Waals surface area contributed by atoms with Crippen LogP contribution in [0.15, 0.2) is 66.1 Å². The first-order chi connectivity index (χ1) is 13.8.